The molecule has 0 amide bonds. The van der Waals surface area contributed by atoms with E-state index in [1.807, 2.05) is 19.1 Å². The Balaban J connectivity index is 2.21. The molecule has 7 nitrogen and oxygen atoms in total. The molecule has 96 valence electrons. The van der Waals surface area contributed by atoms with Gasteiger partial charge in [0.2, 0.25) is 5.82 Å². The van der Waals surface area contributed by atoms with Crippen LogP contribution in [0.3, 0.4) is 0 Å². The van der Waals surface area contributed by atoms with E-state index in [4.69, 9.17) is 4.42 Å². The lowest BCUT2D eigenvalue weighted by molar-refractivity contribution is -0.384. The Morgan fingerprint density at radius 2 is 2.22 bits per heavy atom. The maximum absolute atomic E-state index is 11.0. The van der Waals surface area contributed by atoms with Crippen LogP contribution in [0.1, 0.15) is 17.2 Å². The lowest BCUT2D eigenvalue weighted by Crippen LogP contribution is -2.05. The fraction of sp³-hybridized carbons (Fsp3) is 0.364. The number of nitro groups is 1. The normalized spacial score (nSPS) is 10.6. The molecule has 0 unspecified atom stereocenters. The van der Waals surface area contributed by atoms with E-state index >= 15 is 0 Å². The number of anilines is 1. The molecule has 0 aromatic carbocycles. The summed E-state index contributed by atoms with van der Waals surface area (Å²) in [6, 6.07) is 3.68. The van der Waals surface area contributed by atoms with Crippen LogP contribution in [0.15, 0.2) is 16.5 Å². The number of rotatable bonds is 4. The number of aryl methyl sites for hydroxylation is 3. The molecule has 0 aliphatic heterocycles. The smallest absolute Gasteiger partial charge is 0.333 e. The highest BCUT2D eigenvalue weighted by Crippen LogP contribution is 2.27. The Kier molecular flexibility index (Phi) is 3.05. The highest BCUT2D eigenvalue weighted by atomic mass is 16.6. The number of nitrogens with zero attached hydrogens (tertiary/aromatic N) is 3. The summed E-state index contributed by atoms with van der Waals surface area (Å²) < 4.78 is 6.85. The van der Waals surface area contributed by atoms with E-state index in [1.165, 1.54) is 4.68 Å². The summed E-state index contributed by atoms with van der Waals surface area (Å²) >= 11 is 0. The summed E-state index contributed by atoms with van der Waals surface area (Å²) in [6.07, 6.45) is 0. The van der Waals surface area contributed by atoms with Crippen molar-refractivity contribution in [2.45, 2.75) is 20.4 Å². The monoisotopic (exact) mass is 250 g/mol. The third-order valence-electron chi connectivity index (χ3n) is 2.60. The molecule has 0 atom stereocenters. The number of hydrogen-bond donors (Lipinski definition) is 1. The second-order valence-corrected chi connectivity index (χ2v) is 4.03. The first kappa shape index (κ1) is 12.2. The van der Waals surface area contributed by atoms with Crippen molar-refractivity contribution < 1.29 is 9.34 Å². The molecule has 2 aromatic rings. The van der Waals surface area contributed by atoms with Crippen molar-refractivity contribution in [3.63, 3.8) is 0 Å². The van der Waals surface area contributed by atoms with E-state index in [1.54, 1.807) is 14.0 Å². The molecule has 2 rings (SSSR count). The maximum Gasteiger partial charge on any atom is 0.333 e. The van der Waals surface area contributed by atoms with Crippen LogP contribution in [0.4, 0.5) is 11.5 Å². The van der Waals surface area contributed by atoms with Crippen molar-refractivity contribution in [1.29, 1.82) is 0 Å². The molecule has 2 heterocycles. The van der Waals surface area contributed by atoms with Crippen LogP contribution in [0, 0.1) is 24.0 Å². The predicted octanol–water partition coefficient (Wildman–Crippen LogP) is 2.15. The van der Waals surface area contributed by atoms with Crippen LogP contribution in [0.5, 0.6) is 0 Å². The minimum absolute atomic E-state index is 0.000720. The van der Waals surface area contributed by atoms with Gasteiger partial charge in [-0.05, 0) is 26.0 Å². The molecule has 0 fully saturated rings. The molecule has 0 radical (unpaired) electrons. The minimum atomic E-state index is -0.432. The van der Waals surface area contributed by atoms with Gasteiger partial charge in [-0.3, -0.25) is 10.1 Å². The molecule has 7 heteroatoms. The standard InChI is InChI=1S/C11H14N4O3/c1-7-4-5-9(18-7)6-12-11-10(15(16)17)8(2)13-14(11)3/h4-5,12H,6H2,1-3H3. The second-order valence-electron chi connectivity index (χ2n) is 4.03. The molecular weight excluding hydrogens is 236 g/mol. The summed E-state index contributed by atoms with van der Waals surface area (Å²) in [7, 11) is 1.66. The molecule has 0 spiro atoms. The molecule has 1 N–H and O–H groups in total. The highest BCUT2D eigenvalue weighted by molar-refractivity contribution is 5.59. The summed E-state index contributed by atoms with van der Waals surface area (Å²) in [5.74, 6) is 1.91. The van der Waals surface area contributed by atoms with Crippen molar-refractivity contribution >= 4 is 11.5 Å². The Morgan fingerprint density at radius 1 is 1.50 bits per heavy atom. The van der Waals surface area contributed by atoms with Crippen LogP contribution in [0.2, 0.25) is 0 Å². The third kappa shape index (κ3) is 2.20. The minimum Gasteiger partial charge on any atom is -0.465 e. The highest BCUT2D eigenvalue weighted by Gasteiger charge is 2.23. The van der Waals surface area contributed by atoms with Crippen LogP contribution in [0.25, 0.3) is 0 Å². The van der Waals surface area contributed by atoms with Crippen molar-refractivity contribution in [3.05, 3.63) is 39.5 Å². The molecule has 0 bridgehead atoms. The SMILES string of the molecule is Cc1ccc(CNc2c([N+](=O)[O-])c(C)nn2C)o1. The van der Waals surface area contributed by atoms with E-state index in [9.17, 15) is 10.1 Å². The summed E-state index contributed by atoms with van der Waals surface area (Å²) in [5.41, 5.74) is 0.390. The van der Waals surface area contributed by atoms with Crippen LogP contribution in [-0.4, -0.2) is 14.7 Å². The van der Waals surface area contributed by atoms with Gasteiger partial charge in [-0.2, -0.15) is 5.10 Å². The molecule has 0 aliphatic carbocycles. The van der Waals surface area contributed by atoms with E-state index in [2.05, 4.69) is 10.4 Å². The van der Waals surface area contributed by atoms with Crippen LogP contribution < -0.4 is 5.32 Å². The molecule has 0 aliphatic rings. The number of nitrogens with one attached hydrogen (secondary N) is 1. The van der Waals surface area contributed by atoms with Gasteiger partial charge < -0.3 is 9.73 Å². The van der Waals surface area contributed by atoms with Crippen LogP contribution in [-0.2, 0) is 13.6 Å². The van der Waals surface area contributed by atoms with Crippen molar-refractivity contribution in [2.75, 3.05) is 5.32 Å². The summed E-state index contributed by atoms with van der Waals surface area (Å²) in [4.78, 5) is 10.5. The number of hydrogen-bond acceptors (Lipinski definition) is 5. The first-order valence-electron chi connectivity index (χ1n) is 5.46. The van der Waals surface area contributed by atoms with Gasteiger partial charge in [-0.1, -0.05) is 0 Å². The topological polar surface area (TPSA) is 86.1 Å². The Labute approximate surface area is 104 Å². The zero-order valence-corrected chi connectivity index (χ0v) is 10.4. The largest absolute Gasteiger partial charge is 0.465 e. The first-order valence-corrected chi connectivity index (χ1v) is 5.46. The van der Waals surface area contributed by atoms with Gasteiger partial charge in [0.05, 0.1) is 11.5 Å². The molecular formula is C11H14N4O3. The lowest BCUT2D eigenvalue weighted by Gasteiger charge is -2.03. The quantitative estimate of drug-likeness (QED) is 0.663. The van der Waals surface area contributed by atoms with Gasteiger partial charge >= 0.3 is 5.69 Å². The van der Waals surface area contributed by atoms with Gasteiger partial charge in [0.15, 0.2) is 0 Å². The zero-order valence-electron chi connectivity index (χ0n) is 10.4. The lowest BCUT2D eigenvalue weighted by atomic mass is 10.3. The Bertz CT molecular complexity index is 585. The Morgan fingerprint density at radius 3 is 2.78 bits per heavy atom. The van der Waals surface area contributed by atoms with Gasteiger partial charge in [0, 0.05) is 7.05 Å². The van der Waals surface area contributed by atoms with Gasteiger partial charge in [-0.15, -0.1) is 0 Å². The Hall–Kier alpha value is -2.31. The molecule has 2 aromatic heterocycles. The van der Waals surface area contributed by atoms with Crippen LogP contribution >= 0.6 is 0 Å². The fourth-order valence-corrected chi connectivity index (χ4v) is 1.81. The number of furan rings is 1. The summed E-state index contributed by atoms with van der Waals surface area (Å²) in [5, 5.41) is 18.0. The molecule has 0 saturated carbocycles. The zero-order chi connectivity index (χ0) is 13.3. The average Bonchev–Trinajstić information content (AvgIpc) is 2.79. The van der Waals surface area contributed by atoms with E-state index < -0.39 is 4.92 Å². The van der Waals surface area contributed by atoms with Gasteiger partial charge in [0.25, 0.3) is 0 Å². The van der Waals surface area contributed by atoms with E-state index in [-0.39, 0.29) is 5.69 Å². The van der Waals surface area contributed by atoms with Gasteiger partial charge in [-0.25, -0.2) is 4.68 Å². The van der Waals surface area contributed by atoms with Crippen molar-refractivity contribution in [3.8, 4) is 0 Å². The van der Waals surface area contributed by atoms with Crippen molar-refractivity contribution in [2.24, 2.45) is 7.05 Å². The third-order valence-corrected chi connectivity index (χ3v) is 2.60. The number of aromatic nitrogens is 2. The van der Waals surface area contributed by atoms with E-state index in [0.717, 1.165) is 11.5 Å². The van der Waals surface area contributed by atoms with Gasteiger partial charge in [0.1, 0.15) is 17.2 Å². The molecule has 0 saturated heterocycles. The first-order chi connectivity index (χ1) is 8.49. The maximum atomic E-state index is 11.0. The van der Waals surface area contributed by atoms with Crippen molar-refractivity contribution in [1.82, 2.24) is 9.78 Å². The second kappa shape index (κ2) is 4.52. The molecule has 18 heavy (non-hydrogen) atoms. The average molecular weight is 250 g/mol. The van der Waals surface area contributed by atoms with E-state index in [0.29, 0.717) is 18.1 Å². The fourth-order valence-electron chi connectivity index (χ4n) is 1.81. The summed E-state index contributed by atoms with van der Waals surface area (Å²) in [6.45, 7) is 3.84. The predicted molar refractivity (Wildman–Crippen MR) is 65.4 cm³/mol.